The molecular formula is C24H24N4O2S. The lowest BCUT2D eigenvalue weighted by atomic mass is 9.88. The summed E-state index contributed by atoms with van der Waals surface area (Å²) < 4.78 is 7.87. The number of ketones is 1. The molecule has 3 heterocycles. The molecule has 0 saturated carbocycles. The van der Waals surface area contributed by atoms with E-state index >= 15 is 0 Å². The van der Waals surface area contributed by atoms with Gasteiger partial charge in [-0.3, -0.25) is 9.69 Å². The molecule has 1 aliphatic heterocycles. The standard InChI is InChI=1S/C24H24N4O2S/c1-27-16-25-26-24(27)31-22-12-11-19(30-22)15-28-13-5-8-18(14-28)23(29)21-10-4-7-17-6-2-3-9-20(17)21/h2-4,6-7,9-12,16,18H,5,8,13-15H2,1H3/t18-/m0/s1. The van der Waals surface area contributed by atoms with Gasteiger partial charge in [0.1, 0.15) is 12.1 Å². The highest BCUT2D eigenvalue weighted by molar-refractivity contribution is 7.99. The van der Waals surface area contributed by atoms with E-state index in [9.17, 15) is 4.79 Å². The zero-order valence-electron chi connectivity index (χ0n) is 17.4. The van der Waals surface area contributed by atoms with Crippen LogP contribution in [0.1, 0.15) is 29.0 Å². The Hall–Kier alpha value is -2.90. The first-order chi connectivity index (χ1) is 15.2. The summed E-state index contributed by atoms with van der Waals surface area (Å²) in [6.07, 6.45) is 3.62. The summed E-state index contributed by atoms with van der Waals surface area (Å²) in [5, 5.41) is 11.7. The number of rotatable bonds is 6. The maximum atomic E-state index is 13.4. The van der Waals surface area contributed by atoms with Gasteiger partial charge in [0.2, 0.25) is 0 Å². The summed E-state index contributed by atoms with van der Waals surface area (Å²) in [6, 6.07) is 18.1. The maximum absolute atomic E-state index is 13.4. The Morgan fingerprint density at radius 2 is 2.03 bits per heavy atom. The minimum absolute atomic E-state index is 0.0157. The van der Waals surface area contributed by atoms with Crippen LogP contribution in [0.5, 0.6) is 0 Å². The molecule has 31 heavy (non-hydrogen) atoms. The predicted molar refractivity (Wildman–Crippen MR) is 120 cm³/mol. The van der Waals surface area contributed by atoms with Crippen molar-refractivity contribution in [2.45, 2.75) is 29.6 Å². The third-order valence-electron chi connectivity index (χ3n) is 5.81. The van der Waals surface area contributed by atoms with Gasteiger partial charge in [0.25, 0.3) is 0 Å². The molecule has 0 radical (unpaired) electrons. The number of hydrogen-bond acceptors (Lipinski definition) is 6. The second kappa shape index (κ2) is 8.69. The lowest BCUT2D eigenvalue weighted by molar-refractivity contribution is 0.0803. The SMILES string of the molecule is Cn1cnnc1Sc1ccc(CN2CCC[C@H](C(=O)c3cccc4ccccc34)C2)o1. The summed E-state index contributed by atoms with van der Waals surface area (Å²) in [5.74, 6) is 1.17. The van der Waals surface area contributed by atoms with Crippen molar-refractivity contribution in [1.29, 1.82) is 0 Å². The Labute approximate surface area is 185 Å². The second-order valence-corrected chi connectivity index (χ2v) is 8.98. The van der Waals surface area contributed by atoms with Crippen LogP contribution < -0.4 is 0 Å². The molecule has 2 aromatic carbocycles. The van der Waals surface area contributed by atoms with E-state index in [0.29, 0.717) is 6.54 Å². The number of furan rings is 1. The zero-order valence-corrected chi connectivity index (χ0v) is 18.2. The largest absolute Gasteiger partial charge is 0.453 e. The van der Waals surface area contributed by atoms with E-state index < -0.39 is 0 Å². The summed E-state index contributed by atoms with van der Waals surface area (Å²) in [5.41, 5.74) is 0.838. The smallest absolute Gasteiger partial charge is 0.198 e. The van der Waals surface area contributed by atoms with Crippen LogP contribution in [0, 0.1) is 5.92 Å². The maximum Gasteiger partial charge on any atom is 0.198 e. The lowest BCUT2D eigenvalue weighted by Crippen LogP contribution is -2.38. The third kappa shape index (κ3) is 4.29. The number of likely N-dealkylation sites (tertiary alicyclic amines) is 1. The minimum atomic E-state index is 0.0157. The summed E-state index contributed by atoms with van der Waals surface area (Å²) >= 11 is 1.46. The van der Waals surface area contributed by atoms with Gasteiger partial charge in [-0.15, -0.1) is 10.2 Å². The van der Waals surface area contributed by atoms with Crippen LogP contribution >= 0.6 is 11.8 Å². The van der Waals surface area contributed by atoms with Crippen molar-refractivity contribution >= 4 is 28.3 Å². The van der Waals surface area contributed by atoms with E-state index in [1.54, 1.807) is 6.33 Å². The van der Waals surface area contributed by atoms with Crippen LogP contribution in [-0.4, -0.2) is 38.5 Å². The second-order valence-electron chi connectivity index (χ2n) is 8.01. The van der Waals surface area contributed by atoms with Crippen LogP contribution in [0.2, 0.25) is 0 Å². The highest BCUT2D eigenvalue weighted by atomic mass is 32.2. The molecule has 0 N–H and O–H groups in total. The highest BCUT2D eigenvalue weighted by Gasteiger charge is 2.28. The van der Waals surface area contributed by atoms with Crippen molar-refractivity contribution in [3.8, 4) is 0 Å². The molecular weight excluding hydrogens is 408 g/mol. The molecule has 1 fully saturated rings. The van der Waals surface area contributed by atoms with E-state index in [0.717, 1.165) is 58.3 Å². The number of hydrogen-bond donors (Lipinski definition) is 0. The molecule has 1 aliphatic rings. The monoisotopic (exact) mass is 432 g/mol. The summed E-state index contributed by atoms with van der Waals surface area (Å²) in [6.45, 7) is 2.44. The number of fused-ring (bicyclic) bond motifs is 1. The third-order valence-corrected chi connectivity index (χ3v) is 6.78. The van der Waals surface area contributed by atoms with Gasteiger partial charge in [0.15, 0.2) is 16.0 Å². The number of carbonyl (C=O) groups is 1. The Morgan fingerprint density at radius 1 is 1.16 bits per heavy atom. The number of Topliss-reactive ketones (excluding diaryl/α,β-unsaturated/α-hetero) is 1. The number of aryl methyl sites for hydroxylation is 1. The Bertz CT molecular complexity index is 1210. The normalized spacial score (nSPS) is 17.3. The molecule has 7 heteroatoms. The van der Waals surface area contributed by atoms with Crippen molar-refractivity contribution in [2.24, 2.45) is 13.0 Å². The van der Waals surface area contributed by atoms with E-state index in [1.807, 2.05) is 54.1 Å². The quantitative estimate of drug-likeness (QED) is 0.408. The molecule has 1 atom stereocenters. The lowest BCUT2D eigenvalue weighted by Gasteiger charge is -2.31. The van der Waals surface area contributed by atoms with E-state index in [2.05, 4.69) is 27.2 Å². The van der Waals surface area contributed by atoms with Crippen LogP contribution in [0.3, 0.4) is 0 Å². The first-order valence-electron chi connectivity index (χ1n) is 10.5. The van der Waals surface area contributed by atoms with Crippen molar-refractivity contribution in [1.82, 2.24) is 19.7 Å². The molecule has 0 spiro atoms. The molecule has 6 nitrogen and oxygen atoms in total. The fraction of sp³-hybridized carbons (Fsp3) is 0.292. The van der Waals surface area contributed by atoms with Gasteiger partial charge < -0.3 is 8.98 Å². The van der Waals surface area contributed by atoms with Crippen LogP contribution in [0.4, 0.5) is 0 Å². The Morgan fingerprint density at radius 3 is 2.90 bits per heavy atom. The highest BCUT2D eigenvalue weighted by Crippen LogP contribution is 2.29. The summed E-state index contributed by atoms with van der Waals surface area (Å²) in [7, 11) is 1.91. The number of benzene rings is 2. The summed E-state index contributed by atoms with van der Waals surface area (Å²) in [4.78, 5) is 15.7. The van der Waals surface area contributed by atoms with Gasteiger partial charge in [0, 0.05) is 25.1 Å². The molecule has 1 saturated heterocycles. The van der Waals surface area contributed by atoms with Gasteiger partial charge in [-0.1, -0.05) is 42.5 Å². The minimum Gasteiger partial charge on any atom is -0.453 e. The van der Waals surface area contributed by atoms with Gasteiger partial charge in [0.05, 0.1) is 6.54 Å². The molecule has 4 aromatic rings. The molecule has 2 aromatic heterocycles. The molecule has 0 aliphatic carbocycles. The number of aromatic nitrogens is 3. The Kier molecular flexibility index (Phi) is 5.61. The van der Waals surface area contributed by atoms with Gasteiger partial charge in [-0.05, 0) is 54.1 Å². The van der Waals surface area contributed by atoms with Gasteiger partial charge in [-0.25, -0.2) is 0 Å². The molecule has 0 amide bonds. The van der Waals surface area contributed by atoms with Crippen LogP contribution in [-0.2, 0) is 13.6 Å². The molecule has 0 bridgehead atoms. The average molecular weight is 433 g/mol. The van der Waals surface area contributed by atoms with Crippen LogP contribution in [0.25, 0.3) is 10.8 Å². The van der Waals surface area contributed by atoms with Gasteiger partial charge >= 0.3 is 0 Å². The number of carbonyl (C=O) groups excluding carboxylic acids is 1. The predicted octanol–water partition coefficient (Wildman–Crippen LogP) is 4.81. The van der Waals surface area contributed by atoms with Crippen LogP contribution in [0.15, 0.2) is 75.6 Å². The zero-order chi connectivity index (χ0) is 21.2. The van der Waals surface area contributed by atoms with Gasteiger partial charge in [-0.2, -0.15) is 0 Å². The Balaban J connectivity index is 1.26. The number of nitrogens with zero attached hydrogens (tertiary/aromatic N) is 4. The van der Waals surface area contributed by atoms with E-state index in [1.165, 1.54) is 11.8 Å². The molecule has 158 valence electrons. The average Bonchev–Trinajstić information content (AvgIpc) is 3.42. The fourth-order valence-electron chi connectivity index (χ4n) is 4.25. The van der Waals surface area contributed by atoms with Crippen molar-refractivity contribution in [2.75, 3.05) is 13.1 Å². The topological polar surface area (TPSA) is 64.2 Å². The van der Waals surface area contributed by atoms with Crippen molar-refractivity contribution in [3.05, 3.63) is 72.2 Å². The first kappa shape index (κ1) is 20.0. The van der Waals surface area contributed by atoms with Crippen molar-refractivity contribution in [3.63, 3.8) is 0 Å². The first-order valence-corrected chi connectivity index (χ1v) is 11.3. The number of piperidine rings is 1. The molecule has 5 rings (SSSR count). The van der Waals surface area contributed by atoms with Crippen molar-refractivity contribution < 1.29 is 9.21 Å². The molecule has 0 unspecified atom stereocenters. The van der Waals surface area contributed by atoms with E-state index in [-0.39, 0.29) is 11.7 Å². The van der Waals surface area contributed by atoms with E-state index in [4.69, 9.17) is 4.42 Å². The fourth-order valence-corrected chi connectivity index (χ4v) is 4.99.